The lowest BCUT2D eigenvalue weighted by Crippen LogP contribution is -2.45. The van der Waals surface area contributed by atoms with E-state index in [4.69, 9.17) is 0 Å². The van der Waals surface area contributed by atoms with Crippen molar-refractivity contribution in [3.8, 4) is 0 Å². The average Bonchev–Trinajstić information content (AvgIpc) is 2.42. The predicted octanol–water partition coefficient (Wildman–Crippen LogP) is 1.71. The van der Waals surface area contributed by atoms with Crippen LogP contribution in [-0.4, -0.2) is 30.0 Å². The Bertz CT molecular complexity index is 503. The van der Waals surface area contributed by atoms with Crippen LogP contribution < -0.4 is 5.32 Å². The highest BCUT2D eigenvalue weighted by atomic mass is 19.1. The maximum Gasteiger partial charge on any atom is 0.328 e. The Morgan fingerprint density at radius 3 is 2.55 bits per heavy atom. The van der Waals surface area contributed by atoms with Crippen molar-refractivity contribution < 1.29 is 18.7 Å². The van der Waals surface area contributed by atoms with Crippen LogP contribution >= 0.6 is 0 Å². The van der Waals surface area contributed by atoms with Crippen molar-refractivity contribution in [2.45, 2.75) is 33.2 Å². The largest absolute Gasteiger partial charge is 0.467 e. The van der Waals surface area contributed by atoms with Gasteiger partial charge in [-0.3, -0.25) is 4.79 Å². The Labute approximate surface area is 117 Å². The Morgan fingerprint density at radius 1 is 1.40 bits per heavy atom. The summed E-state index contributed by atoms with van der Waals surface area (Å²) in [5.41, 5.74) is 0.436. The number of pyridine rings is 1. The molecule has 1 rings (SSSR count). The van der Waals surface area contributed by atoms with Crippen LogP contribution in [0.2, 0.25) is 0 Å². The van der Waals surface area contributed by atoms with E-state index in [1.807, 2.05) is 6.92 Å². The van der Waals surface area contributed by atoms with Crippen LogP contribution in [0.1, 0.15) is 37.0 Å². The van der Waals surface area contributed by atoms with Crippen molar-refractivity contribution >= 4 is 11.9 Å². The molecule has 1 N–H and O–H groups in total. The molecule has 1 aromatic rings. The molecule has 1 heterocycles. The number of nitrogens with one attached hydrogen (secondary N) is 1. The Balaban J connectivity index is 2.94. The molecule has 0 saturated carbocycles. The third kappa shape index (κ3) is 4.01. The minimum absolute atomic E-state index is 0.0450. The molecule has 0 saturated heterocycles. The second-order valence-electron chi connectivity index (χ2n) is 4.73. The van der Waals surface area contributed by atoms with Crippen LogP contribution in [0.4, 0.5) is 4.39 Å². The van der Waals surface area contributed by atoms with Crippen LogP contribution in [0.5, 0.6) is 0 Å². The van der Waals surface area contributed by atoms with Crippen LogP contribution in [0.3, 0.4) is 0 Å². The van der Waals surface area contributed by atoms with E-state index < -0.39 is 23.7 Å². The monoisotopic (exact) mass is 282 g/mol. The zero-order chi connectivity index (χ0) is 15.3. The summed E-state index contributed by atoms with van der Waals surface area (Å²) in [6, 6.07) is 1.53. The van der Waals surface area contributed by atoms with E-state index in [1.165, 1.54) is 13.2 Å². The summed E-state index contributed by atoms with van der Waals surface area (Å²) >= 11 is 0. The molecule has 0 aliphatic carbocycles. The van der Waals surface area contributed by atoms with Crippen molar-refractivity contribution in [1.82, 2.24) is 10.3 Å². The fraction of sp³-hybridized carbons (Fsp3) is 0.500. The van der Waals surface area contributed by atoms with Gasteiger partial charge in [-0.05, 0) is 18.4 Å². The first-order chi connectivity index (χ1) is 9.38. The summed E-state index contributed by atoms with van der Waals surface area (Å²) in [6.45, 7) is 5.37. The molecule has 1 aromatic heterocycles. The quantitative estimate of drug-likeness (QED) is 0.835. The molecule has 0 radical (unpaired) electrons. The first-order valence-electron chi connectivity index (χ1n) is 6.44. The van der Waals surface area contributed by atoms with Gasteiger partial charge in [0.05, 0.1) is 7.11 Å². The lowest BCUT2D eigenvalue weighted by Gasteiger charge is -2.19. The van der Waals surface area contributed by atoms with Crippen LogP contribution in [-0.2, 0) is 16.0 Å². The van der Waals surface area contributed by atoms with E-state index in [9.17, 15) is 14.0 Å². The van der Waals surface area contributed by atoms with Gasteiger partial charge in [0.25, 0.3) is 5.91 Å². The number of nitrogens with zero attached hydrogens (tertiary/aromatic N) is 1. The molecular weight excluding hydrogens is 263 g/mol. The number of esters is 1. The average molecular weight is 282 g/mol. The summed E-state index contributed by atoms with van der Waals surface area (Å²) in [5, 5.41) is 2.52. The molecule has 20 heavy (non-hydrogen) atoms. The number of aromatic nitrogens is 1. The molecule has 0 bridgehead atoms. The zero-order valence-electron chi connectivity index (χ0n) is 12.1. The highest BCUT2D eigenvalue weighted by Gasteiger charge is 2.26. The molecule has 5 nitrogen and oxygen atoms in total. The first kappa shape index (κ1) is 16.1. The van der Waals surface area contributed by atoms with Crippen molar-refractivity contribution in [3.05, 3.63) is 29.3 Å². The standard InChI is InChI=1S/C14H19FN2O3/c1-5-10-6-9(15)7-11(16-10)13(18)17-12(8(2)3)14(19)20-4/h6-8,12H,5H2,1-4H3,(H,17,18). The van der Waals surface area contributed by atoms with Gasteiger partial charge in [0, 0.05) is 11.8 Å². The molecule has 110 valence electrons. The fourth-order valence-electron chi connectivity index (χ4n) is 1.69. The van der Waals surface area contributed by atoms with E-state index in [2.05, 4.69) is 15.0 Å². The smallest absolute Gasteiger partial charge is 0.328 e. The number of aryl methyl sites for hydroxylation is 1. The van der Waals surface area contributed by atoms with Gasteiger partial charge in [-0.2, -0.15) is 0 Å². The van der Waals surface area contributed by atoms with Gasteiger partial charge in [-0.25, -0.2) is 14.2 Å². The fourth-order valence-corrected chi connectivity index (χ4v) is 1.69. The van der Waals surface area contributed by atoms with E-state index in [-0.39, 0.29) is 11.6 Å². The van der Waals surface area contributed by atoms with E-state index >= 15 is 0 Å². The van der Waals surface area contributed by atoms with Crippen molar-refractivity contribution in [1.29, 1.82) is 0 Å². The van der Waals surface area contributed by atoms with Crippen molar-refractivity contribution in [3.63, 3.8) is 0 Å². The molecule has 1 atom stereocenters. The van der Waals surface area contributed by atoms with E-state index in [0.717, 1.165) is 6.07 Å². The highest BCUT2D eigenvalue weighted by Crippen LogP contribution is 2.08. The summed E-state index contributed by atoms with van der Waals surface area (Å²) < 4.78 is 18.0. The topological polar surface area (TPSA) is 68.3 Å². The van der Waals surface area contributed by atoms with Gasteiger partial charge in [0.1, 0.15) is 17.6 Å². The number of hydrogen-bond donors (Lipinski definition) is 1. The second kappa shape index (κ2) is 6.98. The maximum absolute atomic E-state index is 13.4. The minimum Gasteiger partial charge on any atom is -0.467 e. The second-order valence-corrected chi connectivity index (χ2v) is 4.73. The summed E-state index contributed by atoms with van der Waals surface area (Å²) in [5.74, 6) is -1.81. The van der Waals surface area contributed by atoms with Crippen molar-refractivity contribution in [2.24, 2.45) is 5.92 Å². The minimum atomic E-state index is -0.789. The van der Waals surface area contributed by atoms with Gasteiger partial charge in [-0.15, -0.1) is 0 Å². The molecule has 6 heteroatoms. The summed E-state index contributed by atoms with van der Waals surface area (Å²) in [4.78, 5) is 27.7. The third-order valence-electron chi connectivity index (χ3n) is 2.85. The van der Waals surface area contributed by atoms with Crippen LogP contribution in [0.15, 0.2) is 12.1 Å². The van der Waals surface area contributed by atoms with Gasteiger partial charge < -0.3 is 10.1 Å². The van der Waals surface area contributed by atoms with Gasteiger partial charge in [0.15, 0.2) is 0 Å². The lowest BCUT2D eigenvalue weighted by atomic mass is 10.0. The normalized spacial score (nSPS) is 12.1. The van der Waals surface area contributed by atoms with Crippen LogP contribution in [0, 0.1) is 11.7 Å². The molecule has 0 aromatic carbocycles. The van der Waals surface area contributed by atoms with E-state index in [0.29, 0.717) is 12.1 Å². The molecule has 0 fully saturated rings. The molecular formula is C14H19FN2O3. The number of rotatable bonds is 5. The van der Waals surface area contributed by atoms with Crippen molar-refractivity contribution in [2.75, 3.05) is 7.11 Å². The number of methoxy groups -OCH3 is 1. The molecule has 0 aliphatic heterocycles. The number of amides is 1. The molecule has 0 spiro atoms. The SMILES string of the molecule is CCc1cc(F)cc(C(=O)NC(C(=O)OC)C(C)C)n1. The third-order valence-corrected chi connectivity index (χ3v) is 2.85. The maximum atomic E-state index is 13.4. The number of ether oxygens (including phenoxy) is 1. The Morgan fingerprint density at radius 2 is 2.05 bits per heavy atom. The number of halogens is 1. The number of carbonyl (C=O) groups excluding carboxylic acids is 2. The molecule has 0 aliphatic rings. The summed E-state index contributed by atoms with van der Waals surface area (Å²) in [7, 11) is 1.25. The molecule has 1 unspecified atom stereocenters. The Kier molecular flexibility index (Phi) is 5.61. The van der Waals surface area contributed by atoms with Gasteiger partial charge in [0.2, 0.25) is 0 Å². The van der Waals surface area contributed by atoms with Gasteiger partial charge in [-0.1, -0.05) is 20.8 Å². The Hall–Kier alpha value is -1.98. The number of carbonyl (C=O) groups is 2. The highest BCUT2D eigenvalue weighted by molar-refractivity contribution is 5.95. The zero-order valence-corrected chi connectivity index (χ0v) is 12.1. The number of hydrogen-bond acceptors (Lipinski definition) is 4. The summed E-state index contributed by atoms with van der Waals surface area (Å²) in [6.07, 6.45) is 0.517. The first-order valence-corrected chi connectivity index (χ1v) is 6.44. The van der Waals surface area contributed by atoms with E-state index in [1.54, 1.807) is 13.8 Å². The van der Waals surface area contributed by atoms with Gasteiger partial charge >= 0.3 is 5.97 Å². The molecule has 1 amide bonds. The predicted molar refractivity (Wildman–Crippen MR) is 71.7 cm³/mol. The van der Waals surface area contributed by atoms with Crippen LogP contribution in [0.25, 0.3) is 0 Å². The lowest BCUT2D eigenvalue weighted by molar-refractivity contribution is -0.144.